The molecular formula is C30H39N5O6. The van der Waals surface area contributed by atoms with Crippen LogP contribution in [-0.4, -0.2) is 52.1 Å². The maximum absolute atomic E-state index is 13.7. The molecule has 0 bridgehead atoms. The van der Waals surface area contributed by atoms with Crippen molar-refractivity contribution < 1.29 is 29.0 Å². The zero-order valence-corrected chi connectivity index (χ0v) is 23.7. The molecule has 0 aliphatic heterocycles. The molecule has 11 heteroatoms. The van der Waals surface area contributed by atoms with Gasteiger partial charge in [0.05, 0.1) is 12.6 Å². The Morgan fingerprint density at radius 3 is 2.41 bits per heavy atom. The Labute approximate surface area is 239 Å². The Kier molecular flexibility index (Phi) is 10.9. The second-order valence-corrected chi connectivity index (χ2v) is 10.9. The van der Waals surface area contributed by atoms with Gasteiger partial charge in [-0.05, 0) is 62.9 Å². The third kappa shape index (κ3) is 9.95. The number of anilines is 1. The molecule has 0 saturated heterocycles. The summed E-state index contributed by atoms with van der Waals surface area (Å²) in [7, 11) is 0. The van der Waals surface area contributed by atoms with Gasteiger partial charge in [0.2, 0.25) is 5.91 Å². The van der Waals surface area contributed by atoms with Crippen molar-refractivity contribution >= 4 is 40.4 Å². The standard InChI is InChI=1S/C30H39N5O6/c1-30(2,3)41-29(40)35-25(15-21-17-33-24-9-5-4-8-23(21)24)26(37)16-20(7-6-14-32-28(31)39)27(38)34-22-12-10-19(18-36)11-13-22/h4-5,8-13,17,20,25,33,36H,6-7,14-16,18H2,1-3H3,(H,34,38)(H,35,40)(H3,31,32,39)/t20-,25+/m1/s1. The number of primary amides is 1. The van der Waals surface area contributed by atoms with Gasteiger partial charge in [-0.2, -0.15) is 0 Å². The van der Waals surface area contributed by atoms with Gasteiger partial charge < -0.3 is 36.5 Å². The minimum absolute atomic E-state index is 0.124. The molecule has 0 radical (unpaired) electrons. The van der Waals surface area contributed by atoms with Crippen LogP contribution in [0.2, 0.25) is 0 Å². The largest absolute Gasteiger partial charge is 0.444 e. The number of nitrogens with one attached hydrogen (secondary N) is 4. The third-order valence-corrected chi connectivity index (χ3v) is 6.43. The van der Waals surface area contributed by atoms with Crippen LogP contribution in [0.15, 0.2) is 54.7 Å². The number of carbonyl (C=O) groups excluding carboxylic acids is 4. The number of aliphatic hydroxyl groups is 1. The first-order valence-corrected chi connectivity index (χ1v) is 13.6. The molecule has 7 N–H and O–H groups in total. The molecule has 0 spiro atoms. The molecule has 2 aromatic carbocycles. The number of benzene rings is 2. The monoisotopic (exact) mass is 565 g/mol. The van der Waals surface area contributed by atoms with E-state index in [1.54, 1.807) is 51.2 Å². The van der Waals surface area contributed by atoms with E-state index in [0.717, 1.165) is 16.5 Å². The second kappa shape index (κ2) is 14.3. The van der Waals surface area contributed by atoms with Crippen molar-refractivity contribution in [3.8, 4) is 0 Å². The highest BCUT2D eigenvalue weighted by molar-refractivity contribution is 5.97. The number of ketones is 1. The van der Waals surface area contributed by atoms with Crippen LogP contribution in [0, 0.1) is 5.92 Å². The molecule has 0 aliphatic carbocycles. The van der Waals surface area contributed by atoms with Crippen LogP contribution in [0.25, 0.3) is 10.9 Å². The first-order chi connectivity index (χ1) is 19.4. The fourth-order valence-electron chi connectivity index (χ4n) is 4.42. The van der Waals surface area contributed by atoms with Crippen molar-refractivity contribution in [1.29, 1.82) is 0 Å². The lowest BCUT2D eigenvalue weighted by atomic mass is 9.91. The minimum Gasteiger partial charge on any atom is -0.444 e. The number of nitrogens with two attached hydrogens (primary N) is 1. The van der Waals surface area contributed by atoms with E-state index >= 15 is 0 Å². The highest BCUT2D eigenvalue weighted by Gasteiger charge is 2.30. The molecule has 41 heavy (non-hydrogen) atoms. The molecule has 11 nitrogen and oxygen atoms in total. The average Bonchev–Trinajstić information content (AvgIpc) is 3.32. The number of ether oxygens (including phenoxy) is 1. The van der Waals surface area contributed by atoms with E-state index in [4.69, 9.17) is 10.5 Å². The van der Waals surface area contributed by atoms with Crippen molar-refractivity contribution in [2.24, 2.45) is 11.7 Å². The Morgan fingerprint density at radius 2 is 1.76 bits per heavy atom. The number of fused-ring (bicyclic) bond motifs is 1. The van der Waals surface area contributed by atoms with Crippen molar-refractivity contribution in [2.75, 3.05) is 11.9 Å². The van der Waals surface area contributed by atoms with Crippen molar-refractivity contribution in [1.82, 2.24) is 15.6 Å². The molecule has 0 unspecified atom stereocenters. The van der Waals surface area contributed by atoms with Crippen LogP contribution in [0.1, 0.15) is 51.2 Å². The highest BCUT2D eigenvalue weighted by atomic mass is 16.6. The number of urea groups is 1. The molecule has 4 amide bonds. The Bertz CT molecular complexity index is 1350. The lowest BCUT2D eigenvalue weighted by Gasteiger charge is -2.24. The Morgan fingerprint density at radius 1 is 1.05 bits per heavy atom. The zero-order chi connectivity index (χ0) is 30.0. The summed E-state index contributed by atoms with van der Waals surface area (Å²) in [6.07, 6.45) is 1.81. The molecule has 2 atom stereocenters. The summed E-state index contributed by atoms with van der Waals surface area (Å²) in [5.41, 5.74) is 7.34. The Hall–Kier alpha value is -4.38. The summed E-state index contributed by atoms with van der Waals surface area (Å²) in [6, 6.07) is 12.7. The van der Waals surface area contributed by atoms with Crippen LogP contribution in [0.4, 0.5) is 15.3 Å². The predicted octanol–water partition coefficient (Wildman–Crippen LogP) is 3.76. The number of para-hydroxylation sites is 1. The quantitative estimate of drug-likeness (QED) is 0.172. The Balaban J connectivity index is 1.81. The van der Waals surface area contributed by atoms with E-state index in [9.17, 15) is 24.3 Å². The number of carbonyl (C=O) groups is 4. The van der Waals surface area contributed by atoms with Crippen LogP contribution in [0.5, 0.6) is 0 Å². The van der Waals surface area contributed by atoms with E-state index in [2.05, 4.69) is 20.9 Å². The van der Waals surface area contributed by atoms with Crippen LogP contribution in [0.3, 0.4) is 0 Å². The van der Waals surface area contributed by atoms with Gasteiger partial charge in [-0.3, -0.25) is 9.59 Å². The minimum atomic E-state index is -0.952. The maximum atomic E-state index is 13.7. The van der Waals surface area contributed by atoms with Crippen molar-refractivity contribution in [3.63, 3.8) is 0 Å². The van der Waals surface area contributed by atoms with Gasteiger partial charge in [0.25, 0.3) is 0 Å². The molecule has 0 saturated carbocycles. The number of aromatic nitrogens is 1. The normalized spacial score (nSPS) is 12.8. The molecule has 1 heterocycles. The zero-order valence-electron chi connectivity index (χ0n) is 23.7. The first-order valence-electron chi connectivity index (χ1n) is 13.6. The van der Waals surface area contributed by atoms with Gasteiger partial charge in [-0.1, -0.05) is 30.3 Å². The van der Waals surface area contributed by atoms with Gasteiger partial charge >= 0.3 is 12.1 Å². The highest BCUT2D eigenvalue weighted by Crippen LogP contribution is 2.22. The third-order valence-electron chi connectivity index (χ3n) is 6.43. The van der Waals surface area contributed by atoms with E-state index in [0.29, 0.717) is 24.1 Å². The number of rotatable bonds is 13. The molecule has 3 aromatic rings. The summed E-state index contributed by atoms with van der Waals surface area (Å²) in [4.78, 5) is 54.0. The summed E-state index contributed by atoms with van der Waals surface area (Å²) in [6.45, 7) is 5.32. The van der Waals surface area contributed by atoms with Crippen LogP contribution >= 0.6 is 0 Å². The van der Waals surface area contributed by atoms with Crippen LogP contribution < -0.4 is 21.7 Å². The fraction of sp³-hybridized carbons (Fsp3) is 0.400. The van der Waals surface area contributed by atoms with Crippen molar-refractivity contribution in [3.05, 3.63) is 65.9 Å². The predicted molar refractivity (Wildman–Crippen MR) is 156 cm³/mol. The second-order valence-electron chi connectivity index (χ2n) is 10.9. The lowest BCUT2D eigenvalue weighted by molar-refractivity contribution is -0.127. The molecule has 3 rings (SSSR count). The van der Waals surface area contributed by atoms with E-state index < -0.39 is 29.7 Å². The van der Waals surface area contributed by atoms with E-state index in [1.165, 1.54) is 0 Å². The van der Waals surface area contributed by atoms with Crippen molar-refractivity contribution in [2.45, 2.75) is 64.7 Å². The summed E-state index contributed by atoms with van der Waals surface area (Å²) < 4.78 is 5.42. The molecule has 220 valence electrons. The number of aromatic amines is 1. The summed E-state index contributed by atoms with van der Waals surface area (Å²) in [5, 5.41) is 18.2. The topological polar surface area (TPSA) is 176 Å². The molecular weight excluding hydrogens is 526 g/mol. The number of hydrogen-bond acceptors (Lipinski definition) is 6. The number of aliphatic hydroxyl groups excluding tert-OH is 1. The summed E-state index contributed by atoms with van der Waals surface area (Å²) in [5.74, 6) is -1.46. The number of Topliss-reactive ketones (excluding diaryl/α,β-unsaturated/α-hetero) is 1. The van der Waals surface area contributed by atoms with Gasteiger partial charge in [-0.15, -0.1) is 0 Å². The van der Waals surface area contributed by atoms with Gasteiger partial charge in [0, 0.05) is 48.1 Å². The lowest BCUT2D eigenvalue weighted by Crippen LogP contribution is -2.45. The van der Waals surface area contributed by atoms with E-state index in [-0.39, 0.29) is 37.7 Å². The summed E-state index contributed by atoms with van der Waals surface area (Å²) >= 11 is 0. The van der Waals surface area contributed by atoms with E-state index in [1.807, 2.05) is 24.3 Å². The van der Waals surface area contributed by atoms with Crippen LogP contribution in [-0.2, 0) is 27.4 Å². The van der Waals surface area contributed by atoms with Gasteiger partial charge in [-0.25, -0.2) is 9.59 Å². The fourth-order valence-corrected chi connectivity index (χ4v) is 4.42. The van der Waals surface area contributed by atoms with Gasteiger partial charge in [0.1, 0.15) is 5.60 Å². The molecule has 1 aromatic heterocycles. The maximum Gasteiger partial charge on any atom is 0.408 e. The smallest absolute Gasteiger partial charge is 0.408 e. The molecule has 0 fully saturated rings. The average molecular weight is 566 g/mol. The molecule has 0 aliphatic rings. The number of hydrogen-bond donors (Lipinski definition) is 6. The first kappa shape index (κ1) is 31.2. The SMILES string of the molecule is CC(C)(C)OC(=O)N[C@@H](Cc1c[nH]c2ccccc12)C(=O)C[C@@H](CCCNC(N)=O)C(=O)Nc1ccc(CO)cc1. The number of amides is 4. The van der Waals surface area contributed by atoms with Gasteiger partial charge in [0.15, 0.2) is 5.78 Å². The number of alkyl carbamates (subject to hydrolysis) is 1. The number of H-pyrrole nitrogens is 1.